The number of benzene rings is 1. The van der Waals surface area contributed by atoms with E-state index in [1.54, 1.807) is 19.1 Å². The summed E-state index contributed by atoms with van der Waals surface area (Å²) in [5.41, 5.74) is 3.74. The number of nitrogens with two attached hydrogens (primary N) is 1. The average Bonchev–Trinajstić information content (AvgIpc) is 1.95. The van der Waals surface area contributed by atoms with Crippen molar-refractivity contribution in [3.8, 4) is 0 Å². The van der Waals surface area contributed by atoms with E-state index in [0.717, 1.165) is 5.69 Å². The Bertz CT molecular complexity index is 235. The maximum Gasteiger partial charge on any atom is 0.126 e. The zero-order chi connectivity index (χ0) is 7.56. The van der Waals surface area contributed by atoms with E-state index >= 15 is 0 Å². The number of hydrogen-bond donors (Lipinski definition) is 2. The molecule has 1 aromatic rings. The molecule has 0 amide bonds. The molecule has 0 atom stereocenters. The highest BCUT2D eigenvalue weighted by Gasteiger charge is 1.95. The van der Waals surface area contributed by atoms with Crippen molar-refractivity contribution in [1.82, 2.24) is 0 Å². The summed E-state index contributed by atoms with van der Waals surface area (Å²) in [6.45, 7) is 1.69. The summed E-state index contributed by atoms with van der Waals surface area (Å²) in [7, 11) is 0. The zero-order valence-electron chi connectivity index (χ0n) is 5.69. The first-order valence-corrected chi connectivity index (χ1v) is 2.97. The van der Waals surface area contributed by atoms with Crippen molar-refractivity contribution in [3.63, 3.8) is 0 Å². The number of hydrazine groups is 1. The second-order valence-electron chi connectivity index (χ2n) is 2.11. The van der Waals surface area contributed by atoms with E-state index in [1.165, 1.54) is 6.07 Å². The zero-order valence-corrected chi connectivity index (χ0v) is 5.69. The van der Waals surface area contributed by atoms with Gasteiger partial charge in [-0.25, -0.2) is 4.39 Å². The molecule has 10 heavy (non-hydrogen) atoms. The largest absolute Gasteiger partial charge is 0.324 e. The summed E-state index contributed by atoms with van der Waals surface area (Å²) in [6, 6.07) is 4.61. The molecule has 0 aromatic heterocycles. The monoisotopic (exact) mass is 140 g/mol. The molecule has 0 fully saturated rings. The number of halogens is 1. The number of hydrogen-bond acceptors (Lipinski definition) is 2. The van der Waals surface area contributed by atoms with Gasteiger partial charge in [0.15, 0.2) is 0 Å². The van der Waals surface area contributed by atoms with Crippen molar-refractivity contribution in [2.75, 3.05) is 5.43 Å². The van der Waals surface area contributed by atoms with E-state index in [9.17, 15) is 4.39 Å². The molecule has 0 aliphatic carbocycles. The van der Waals surface area contributed by atoms with Gasteiger partial charge in [0.2, 0.25) is 0 Å². The van der Waals surface area contributed by atoms with Crippen LogP contribution in [-0.4, -0.2) is 0 Å². The van der Waals surface area contributed by atoms with E-state index in [0.29, 0.717) is 5.56 Å². The molecule has 1 aromatic carbocycles. The standard InChI is InChI=1S/C7H9FN2/c1-5-4-6(10-9)2-3-7(5)8/h2-4,10H,9H2,1H3. The lowest BCUT2D eigenvalue weighted by Crippen LogP contribution is -2.06. The summed E-state index contributed by atoms with van der Waals surface area (Å²) < 4.78 is 12.6. The van der Waals surface area contributed by atoms with Crippen LogP contribution in [0.1, 0.15) is 5.56 Å². The van der Waals surface area contributed by atoms with E-state index in [-0.39, 0.29) is 5.82 Å². The Morgan fingerprint density at radius 2 is 2.20 bits per heavy atom. The molecule has 0 bridgehead atoms. The minimum absolute atomic E-state index is 0.209. The predicted molar refractivity (Wildman–Crippen MR) is 38.9 cm³/mol. The second kappa shape index (κ2) is 2.66. The van der Waals surface area contributed by atoms with Gasteiger partial charge in [-0.1, -0.05) is 0 Å². The molecular weight excluding hydrogens is 131 g/mol. The van der Waals surface area contributed by atoms with E-state index in [4.69, 9.17) is 5.84 Å². The van der Waals surface area contributed by atoms with E-state index in [2.05, 4.69) is 5.43 Å². The summed E-state index contributed by atoms with van der Waals surface area (Å²) in [5.74, 6) is 4.89. The minimum atomic E-state index is -0.209. The molecule has 0 aliphatic heterocycles. The Kier molecular flexibility index (Phi) is 1.87. The number of rotatable bonds is 1. The van der Waals surface area contributed by atoms with Crippen LogP contribution in [0.15, 0.2) is 18.2 Å². The molecule has 1 rings (SSSR count). The van der Waals surface area contributed by atoms with Gasteiger partial charge < -0.3 is 5.43 Å². The molecule has 0 spiro atoms. The van der Waals surface area contributed by atoms with Crippen molar-refractivity contribution >= 4 is 5.69 Å². The van der Waals surface area contributed by atoms with Gasteiger partial charge in [0.1, 0.15) is 5.82 Å². The van der Waals surface area contributed by atoms with Gasteiger partial charge in [-0.3, -0.25) is 5.84 Å². The number of anilines is 1. The normalized spacial score (nSPS) is 9.50. The highest BCUT2D eigenvalue weighted by molar-refractivity contribution is 5.44. The molecule has 0 radical (unpaired) electrons. The van der Waals surface area contributed by atoms with Gasteiger partial charge in [-0.05, 0) is 30.7 Å². The van der Waals surface area contributed by atoms with Gasteiger partial charge >= 0.3 is 0 Å². The van der Waals surface area contributed by atoms with E-state index in [1.807, 2.05) is 0 Å². The third-order valence-electron chi connectivity index (χ3n) is 1.32. The summed E-state index contributed by atoms with van der Waals surface area (Å²) in [6.07, 6.45) is 0. The molecule has 2 nitrogen and oxygen atoms in total. The van der Waals surface area contributed by atoms with Crippen LogP contribution < -0.4 is 11.3 Å². The first-order chi connectivity index (χ1) is 4.74. The topological polar surface area (TPSA) is 38.0 Å². The Balaban J connectivity index is 3.04. The van der Waals surface area contributed by atoms with Gasteiger partial charge in [0.25, 0.3) is 0 Å². The Hall–Kier alpha value is -1.09. The first-order valence-electron chi connectivity index (χ1n) is 2.97. The predicted octanol–water partition coefficient (Wildman–Crippen LogP) is 1.42. The number of nitrogen functional groups attached to an aromatic ring is 1. The quantitative estimate of drug-likeness (QED) is 0.457. The lowest BCUT2D eigenvalue weighted by Gasteiger charge is -2.00. The molecule has 0 unspecified atom stereocenters. The molecule has 3 N–H and O–H groups in total. The third-order valence-corrected chi connectivity index (χ3v) is 1.32. The van der Waals surface area contributed by atoms with E-state index < -0.39 is 0 Å². The van der Waals surface area contributed by atoms with Gasteiger partial charge in [0.05, 0.1) is 0 Å². The van der Waals surface area contributed by atoms with Gasteiger partial charge in [-0.2, -0.15) is 0 Å². The molecule has 0 saturated carbocycles. The van der Waals surface area contributed by atoms with Crippen LogP contribution in [0, 0.1) is 12.7 Å². The maximum absolute atomic E-state index is 12.6. The molecule has 0 aliphatic rings. The summed E-state index contributed by atoms with van der Waals surface area (Å²) >= 11 is 0. The lowest BCUT2D eigenvalue weighted by molar-refractivity contribution is 0.619. The van der Waals surface area contributed by atoms with Crippen molar-refractivity contribution in [2.45, 2.75) is 6.92 Å². The number of aryl methyl sites for hydroxylation is 1. The SMILES string of the molecule is Cc1cc(NN)ccc1F. The Labute approximate surface area is 58.8 Å². The number of nitrogens with one attached hydrogen (secondary N) is 1. The van der Waals surface area contributed by atoms with Gasteiger partial charge in [0, 0.05) is 5.69 Å². The van der Waals surface area contributed by atoms with Gasteiger partial charge in [-0.15, -0.1) is 0 Å². The fourth-order valence-electron chi connectivity index (χ4n) is 0.734. The highest BCUT2D eigenvalue weighted by Crippen LogP contribution is 2.11. The maximum atomic E-state index is 12.6. The molecule has 0 heterocycles. The highest BCUT2D eigenvalue weighted by atomic mass is 19.1. The molecular formula is C7H9FN2. The van der Waals surface area contributed by atoms with Crippen LogP contribution in [0.3, 0.4) is 0 Å². The first kappa shape index (κ1) is 7.02. The fourth-order valence-corrected chi connectivity index (χ4v) is 0.734. The molecule has 0 saturated heterocycles. The van der Waals surface area contributed by atoms with Crippen LogP contribution in [0.5, 0.6) is 0 Å². The van der Waals surface area contributed by atoms with Crippen LogP contribution in [-0.2, 0) is 0 Å². The van der Waals surface area contributed by atoms with Crippen molar-refractivity contribution in [1.29, 1.82) is 0 Å². The second-order valence-corrected chi connectivity index (χ2v) is 2.11. The summed E-state index contributed by atoms with van der Waals surface area (Å²) in [5, 5.41) is 0. The average molecular weight is 140 g/mol. The van der Waals surface area contributed by atoms with Crippen LogP contribution in [0.4, 0.5) is 10.1 Å². The van der Waals surface area contributed by atoms with Crippen LogP contribution in [0.2, 0.25) is 0 Å². The van der Waals surface area contributed by atoms with Crippen LogP contribution in [0.25, 0.3) is 0 Å². The minimum Gasteiger partial charge on any atom is -0.324 e. The van der Waals surface area contributed by atoms with Crippen molar-refractivity contribution in [3.05, 3.63) is 29.6 Å². The Morgan fingerprint density at radius 1 is 1.50 bits per heavy atom. The van der Waals surface area contributed by atoms with Crippen molar-refractivity contribution in [2.24, 2.45) is 5.84 Å². The third kappa shape index (κ3) is 1.25. The fraction of sp³-hybridized carbons (Fsp3) is 0.143. The van der Waals surface area contributed by atoms with Crippen molar-refractivity contribution < 1.29 is 4.39 Å². The van der Waals surface area contributed by atoms with Crippen LogP contribution >= 0.6 is 0 Å². The molecule has 54 valence electrons. The smallest absolute Gasteiger partial charge is 0.126 e. The Morgan fingerprint density at radius 3 is 2.70 bits per heavy atom. The summed E-state index contributed by atoms with van der Waals surface area (Å²) in [4.78, 5) is 0. The molecule has 3 heteroatoms. The lowest BCUT2D eigenvalue weighted by atomic mass is 10.2.